The Labute approximate surface area is 118 Å². The highest BCUT2D eigenvalue weighted by Crippen LogP contribution is 2.20. The van der Waals surface area contributed by atoms with Gasteiger partial charge in [0.2, 0.25) is 0 Å². The molecule has 0 saturated carbocycles. The van der Waals surface area contributed by atoms with Crippen LogP contribution >= 0.6 is 0 Å². The fourth-order valence-electron chi connectivity index (χ4n) is 1.92. The van der Waals surface area contributed by atoms with Gasteiger partial charge in [-0.15, -0.1) is 0 Å². The number of rotatable bonds is 3. The molecule has 1 amide bonds. The van der Waals surface area contributed by atoms with Crippen LogP contribution in [0.15, 0.2) is 47.8 Å². The Kier molecular flexibility index (Phi) is 3.11. The van der Waals surface area contributed by atoms with Gasteiger partial charge in [0.25, 0.3) is 17.5 Å². The molecule has 104 valence electrons. The van der Waals surface area contributed by atoms with Gasteiger partial charge >= 0.3 is 0 Å². The summed E-state index contributed by atoms with van der Waals surface area (Å²) in [7, 11) is 0. The summed E-state index contributed by atoms with van der Waals surface area (Å²) in [6, 6.07) is 7.54. The fraction of sp³-hybridized carbons (Fsp3) is 0.0769. The predicted molar refractivity (Wildman–Crippen MR) is 73.8 cm³/mol. The number of carbonyl (C=O) groups is 1. The average molecular weight is 283 g/mol. The second-order valence-corrected chi connectivity index (χ2v) is 4.28. The molecule has 8 heteroatoms. The van der Waals surface area contributed by atoms with Crippen molar-refractivity contribution in [2.24, 2.45) is 5.10 Å². The molecule has 1 aromatic heterocycles. The van der Waals surface area contributed by atoms with E-state index in [2.05, 4.69) is 15.1 Å². The van der Waals surface area contributed by atoms with Crippen LogP contribution in [0.1, 0.15) is 12.0 Å². The smallest absolute Gasteiger partial charge is 0.269 e. The number of amides is 1. The molecule has 3 rings (SSSR count). The number of anilines is 1. The molecule has 1 aliphatic heterocycles. The van der Waals surface area contributed by atoms with Gasteiger partial charge < -0.3 is 0 Å². The van der Waals surface area contributed by atoms with Crippen molar-refractivity contribution in [3.05, 3.63) is 58.4 Å². The third-order valence-corrected chi connectivity index (χ3v) is 2.93. The van der Waals surface area contributed by atoms with Crippen LogP contribution in [-0.4, -0.2) is 26.5 Å². The molecule has 0 fully saturated rings. The second-order valence-electron chi connectivity index (χ2n) is 4.28. The molecule has 1 aromatic carbocycles. The first-order valence-corrected chi connectivity index (χ1v) is 6.07. The molecule has 1 aliphatic rings. The van der Waals surface area contributed by atoms with Crippen molar-refractivity contribution in [2.75, 3.05) is 5.01 Å². The lowest BCUT2D eigenvalue weighted by Gasteiger charge is -2.07. The maximum Gasteiger partial charge on any atom is 0.269 e. The number of non-ortho nitro benzene ring substituents is 1. The first-order valence-electron chi connectivity index (χ1n) is 6.07. The van der Waals surface area contributed by atoms with Gasteiger partial charge in [-0.25, -0.2) is 9.97 Å². The van der Waals surface area contributed by atoms with Crippen LogP contribution in [0.25, 0.3) is 0 Å². The average Bonchev–Trinajstić information content (AvgIpc) is 2.90. The van der Waals surface area contributed by atoms with E-state index in [1.54, 1.807) is 18.2 Å². The molecule has 8 nitrogen and oxygen atoms in total. The first kappa shape index (κ1) is 12.9. The Morgan fingerprint density at radius 1 is 1.14 bits per heavy atom. The van der Waals surface area contributed by atoms with Crippen LogP contribution in [0, 0.1) is 10.1 Å². The van der Waals surface area contributed by atoms with Crippen molar-refractivity contribution in [2.45, 2.75) is 6.42 Å². The minimum absolute atomic E-state index is 0.00748. The molecule has 0 radical (unpaired) electrons. The molecule has 2 heterocycles. The van der Waals surface area contributed by atoms with E-state index in [0.29, 0.717) is 11.3 Å². The Balaban J connectivity index is 1.90. The maximum absolute atomic E-state index is 12.0. The van der Waals surface area contributed by atoms with Crippen LogP contribution in [-0.2, 0) is 4.79 Å². The van der Waals surface area contributed by atoms with Crippen LogP contribution in [0.5, 0.6) is 0 Å². The van der Waals surface area contributed by atoms with E-state index in [1.165, 1.54) is 24.5 Å². The highest BCUT2D eigenvalue weighted by Gasteiger charge is 2.27. The molecule has 0 saturated heterocycles. The van der Waals surface area contributed by atoms with Gasteiger partial charge in [-0.1, -0.05) is 0 Å². The number of carbonyl (C=O) groups excluding carboxylic acids is 1. The number of hydrogen-bond donors (Lipinski definition) is 0. The summed E-state index contributed by atoms with van der Waals surface area (Å²) < 4.78 is 0. The van der Waals surface area contributed by atoms with Gasteiger partial charge in [0.15, 0.2) is 0 Å². The van der Waals surface area contributed by atoms with Crippen LogP contribution in [0.4, 0.5) is 11.6 Å². The maximum atomic E-state index is 12.0. The molecule has 0 spiro atoms. The summed E-state index contributed by atoms with van der Waals surface area (Å²) in [6.45, 7) is 0. The molecule has 0 bridgehead atoms. The number of nitrogens with zero attached hydrogens (tertiary/aromatic N) is 5. The molecule has 0 unspecified atom stereocenters. The zero-order chi connectivity index (χ0) is 14.8. The minimum atomic E-state index is -0.477. The molecule has 2 aromatic rings. The molecule has 0 atom stereocenters. The number of hydrazone groups is 1. The van der Waals surface area contributed by atoms with Gasteiger partial charge in [-0.3, -0.25) is 14.9 Å². The largest absolute Gasteiger partial charge is 0.272 e. The molecule has 0 N–H and O–H groups in total. The van der Waals surface area contributed by atoms with Crippen LogP contribution in [0.2, 0.25) is 0 Å². The van der Waals surface area contributed by atoms with Gasteiger partial charge in [0.1, 0.15) is 0 Å². The number of nitro benzene ring substituents is 1. The standard InChI is InChI=1S/C13H9N5O3/c19-12-8-11(9-2-4-10(5-3-9)18(20)21)16-17(12)13-14-6-1-7-15-13/h1-7H,8H2. The predicted octanol–water partition coefficient (Wildman–Crippen LogP) is 1.53. The highest BCUT2D eigenvalue weighted by molar-refractivity contribution is 6.18. The fourth-order valence-corrected chi connectivity index (χ4v) is 1.92. The summed E-state index contributed by atoms with van der Waals surface area (Å²) in [6.07, 6.45) is 3.15. The first-order chi connectivity index (χ1) is 10.1. The van der Waals surface area contributed by atoms with Crippen molar-refractivity contribution in [1.29, 1.82) is 0 Å². The van der Waals surface area contributed by atoms with Crippen molar-refractivity contribution < 1.29 is 9.72 Å². The normalized spacial score (nSPS) is 14.2. The van der Waals surface area contributed by atoms with E-state index in [-0.39, 0.29) is 24.0 Å². The topological polar surface area (TPSA) is 102 Å². The number of hydrogen-bond acceptors (Lipinski definition) is 6. The summed E-state index contributed by atoms with van der Waals surface area (Å²) in [5, 5.41) is 15.9. The zero-order valence-corrected chi connectivity index (χ0v) is 10.7. The number of aromatic nitrogens is 2. The van der Waals surface area contributed by atoms with E-state index in [4.69, 9.17) is 0 Å². The van der Waals surface area contributed by atoms with Crippen molar-refractivity contribution in [3.8, 4) is 0 Å². The summed E-state index contributed by atoms with van der Waals surface area (Å²) in [4.78, 5) is 30.0. The van der Waals surface area contributed by atoms with Gasteiger partial charge in [-0.05, 0) is 23.8 Å². The molecule has 0 aliphatic carbocycles. The van der Waals surface area contributed by atoms with E-state index < -0.39 is 4.92 Å². The lowest BCUT2D eigenvalue weighted by Crippen LogP contribution is -2.21. The third-order valence-electron chi connectivity index (χ3n) is 2.93. The SMILES string of the molecule is O=C1CC(c2ccc([N+](=O)[O-])cc2)=NN1c1ncccn1. The number of benzene rings is 1. The van der Waals surface area contributed by atoms with Gasteiger partial charge in [0.05, 0.1) is 17.1 Å². The van der Waals surface area contributed by atoms with E-state index >= 15 is 0 Å². The third kappa shape index (κ3) is 2.46. The summed E-state index contributed by atoms with van der Waals surface area (Å²) in [5.74, 6) is -0.0334. The Hall–Kier alpha value is -3.16. The molecule has 21 heavy (non-hydrogen) atoms. The van der Waals surface area contributed by atoms with Gasteiger partial charge in [-0.2, -0.15) is 10.1 Å². The highest BCUT2D eigenvalue weighted by atomic mass is 16.6. The van der Waals surface area contributed by atoms with Gasteiger partial charge in [0, 0.05) is 24.5 Å². The van der Waals surface area contributed by atoms with E-state index in [0.717, 1.165) is 5.01 Å². The van der Waals surface area contributed by atoms with E-state index in [9.17, 15) is 14.9 Å². The lowest BCUT2D eigenvalue weighted by molar-refractivity contribution is -0.384. The second kappa shape index (κ2) is 5.08. The number of nitro groups is 1. The Morgan fingerprint density at radius 3 is 2.43 bits per heavy atom. The lowest BCUT2D eigenvalue weighted by atomic mass is 10.1. The van der Waals surface area contributed by atoms with Crippen molar-refractivity contribution in [3.63, 3.8) is 0 Å². The zero-order valence-electron chi connectivity index (χ0n) is 10.7. The Bertz CT molecular complexity index is 727. The van der Waals surface area contributed by atoms with Crippen molar-refractivity contribution >= 4 is 23.3 Å². The monoisotopic (exact) mass is 283 g/mol. The molecular formula is C13H9N5O3. The quantitative estimate of drug-likeness (QED) is 0.627. The summed E-state index contributed by atoms with van der Waals surface area (Å²) in [5.41, 5.74) is 1.18. The van der Waals surface area contributed by atoms with Crippen molar-refractivity contribution in [1.82, 2.24) is 9.97 Å². The molecular weight excluding hydrogens is 274 g/mol. The Morgan fingerprint density at radius 2 is 1.81 bits per heavy atom. The summed E-state index contributed by atoms with van der Waals surface area (Å²) >= 11 is 0. The minimum Gasteiger partial charge on any atom is -0.272 e. The van der Waals surface area contributed by atoms with Crippen LogP contribution < -0.4 is 5.01 Å². The van der Waals surface area contributed by atoms with E-state index in [1.807, 2.05) is 0 Å². The van der Waals surface area contributed by atoms with Crippen LogP contribution in [0.3, 0.4) is 0 Å².